The summed E-state index contributed by atoms with van der Waals surface area (Å²) in [6, 6.07) is 8.37. The average molecular weight is 354 g/mol. The molecule has 0 saturated carbocycles. The molecule has 2 aromatic heterocycles. The van der Waals surface area contributed by atoms with E-state index in [1.807, 2.05) is 0 Å². The lowest BCUT2D eigenvalue weighted by Gasteiger charge is -2.18. The van der Waals surface area contributed by atoms with E-state index in [0.29, 0.717) is 0 Å². The Morgan fingerprint density at radius 2 is 2.25 bits per heavy atom. The maximum Gasteiger partial charge on any atom is 0.128 e. The summed E-state index contributed by atoms with van der Waals surface area (Å²) in [6.45, 7) is 4.92. The molecule has 0 amide bonds. The molecule has 2 aromatic rings. The summed E-state index contributed by atoms with van der Waals surface area (Å²) in [5.74, 6) is 1.02. The van der Waals surface area contributed by atoms with Gasteiger partial charge in [0, 0.05) is 28.3 Å². The number of rotatable bonds is 7. The summed E-state index contributed by atoms with van der Waals surface area (Å²) in [7, 11) is 2.08. The molecule has 2 heterocycles. The van der Waals surface area contributed by atoms with Crippen LogP contribution in [-0.2, 0) is 13.1 Å². The standard InChI is InChI=1S/C15H20BrN3S/c1-3-7-17-9-13-5-4-6-15(18-13)19(2)10-14-8-12(16)11-20-14/h4-6,8,11,17H,3,7,9-10H2,1-2H3. The number of pyridine rings is 1. The Labute approximate surface area is 133 Å². The normalized spacial score (nSPS) is 10.8. The van der Waals surface area contributed by atoms with E-state index < -0.39 is 0 Å². The van der Waals surface area contributed by atoms with E-state index in [1.165, 1.54) is 4.88 Å². The Hall–Kier alpha value is -0.910. The van der Waals surface area contributed by atoms with E-state index >= 15 is 0 Å². The van der Waals surface area contributed by atoms with E-state index in [9.17, 15) is 0 Å². The Morgan fingerprint density at radius 3 is 2.95 bits per heavy atom. The number of nitrogens with one attached hydrogen (secondary N) is 1. The van der Waals surface area contributed by atoms with Gasteiger partial charge in [0.25, 0.3) is 0 Å². The van der Waals surface area contributed by atoms with Gasteiger partial charge in [-0.3, -0.25) is 0 Å². The van der Waals surface area contributed by atoms with Crippen molar-refractivity contribution in [2.75, 3.05) is 18.5 Å². The zero-order chi connectivity index (χ0) is 14.4. The zero-order valence-corrected chi connectivity index (χ0v) is 14.3. The Morgan fingerprint density at radius 1 is 1.40 bits per heavy atom. The first-order valence-electron chi connectivity index (χ1n) is 6.79. The molecule has 20 heavy (non-hydrogen) atoms. The first-order chi connectivity index (χ1) is 9.69. The summed E-state index contributed by atoms with van der Waals surface area (Å²) in [5.41, 5.74) is 1.09. The Kier molecular flexibility index (Phi) is 6.01. The smallest absolute Gasteiger partial charge is 0.128 e. The molecule has 108 valence electrons. The van der Waals surface area contributed by atoms with Gasteiger partial charge in [-0.1, -0.05) is 13.0 Å². The van der Waals surface area contributed by atoms with Crippen molar-refractivity contribution < 1.29 is 0 Å². The summed E-state index contributed by atoms with van der Waals surface area (Å²) >= 11 is 5.26. The van der Waals surface area contributed by atoms with Gasteiger partial charge in [-0.05, 0) is 47.1 Å². The van der Waals surface area contributed by atoms with Gasteiger partial charge >= 0.3 is 0 Å². The van der Waals surface area contributed by atoms with Crippen molar-refractivity contribution in [2.45, 2.75) is 26.4 Å². The van der Waals surface area contributed by atoms with E-state index in [-0.39, 0.29) is 0 Å². The number of hydrogen-bond acceptors (Lipinski definition) is 4. The van der Waals surface area contributed by atoms with Crippen LogP contribution in [-0.4, -0.2) is 18.6 Å². The molecule has 0 aliphatic carbocycles. The summed E-state index contributed by atoms with van der Waals surface area (Å²) in [6.07, 6.45) is 1.15. The minimum absolute atomic E-state index is 0.833. The predicted octanol–water partition coefficient (Wildman–Crippen LogP) is 4.04. The monoisotopic (exact) mass is 353 g/mol. The molecule has 0 fully saturated rings. The van der Waals surface area contributed by atoms with Crippen molar-refractivity contribution in [2.24, 2.45) is 0 Å². The summed E-state index contributed by atoms with van der Waals surface area (Å²) in [5, 5.41) is 5.50. The second-order valence-corrected chi connectivity index (χ2v) is 6.66. The van der Waals surface area contributed by atoms with Gasteiger partial charge in [-0.25, -0.2) is 4.98 Å². The van der Waals surface area contributed by atoms with E-state index in [4.69, 9.17) is 4.98 Å². The maximum absolute atomic E-state index is 4.70. The van der Waals surface area contributed by atoms with Crippen LogP contribution in [0.1, 0.15) is 23.9 Å². The molecule has 0 bridgehead atoms. The van der Waals surface area contributed by atoms with Crippen LogP contribution in [0.5, 0.6) is 0 Å². The molecule has 0 aromatic carbocycles. The highest BCUT2D eigenvalue weighted by molar-refractivity contribution is 9.10. The number of aromatic nitrogens is 1. The molecular formula is C15H20BrN3S. The van der Waals surface area contributed by atoms with Crippen LogP contribution in [0, 0.1) is 0 Å². The topological polar surface area (TPSA) is 28.2 Å². The number of halogens is 1. The van der Waals surface area contributed by atoms with Crippen molar-refractivity contribution in [3.63, 3.8) is 0 Å². The quantitative estimate of drug-likeness (QED) is 0.761. The van der Waals surface area contributed by atoms with Crippen LogP contribution in [0.25, 0.3) is 0 Å². The van der Waals surface area contributed by atoms with E-state index in [1.54, 1.807) is 11.3 Å². The second-order valence-electron chi connectivity index (χ2n) is 4.75. The maximum atomic E-state index is 4.70. The minimum atomic E-state index is 0.833. The largest absolute Gasteiger partial charge is 0.355 e. The first-order valence-corrected chi connectivity index (χ1v) is 8.47. The van der Waals surface area contributed by atoms with E-state index in [2.05, 4.69) is 69.8 Å². The van der Waals surface area contributed by atoms with Crippen LogP contribution >= 0.6 is 27.3 Å². The fraction of sp³-hybridized carbons (Fsp3) is 0.400. The van der Waals surface area contributed by atoms with Crippen molar-refractivity contribution >= 4 is 33.1 Å². The molecule has 0 radical (unpaired) electrons. The van der Waals surface area contributed by atoms with E-state index in [0.717, 1.165) is 42.0 Å². The number of anilines is 1. The fourth-order valence-corrected chi connectivity index (χ4v) is 3.43. The molecular weight excluding hydrogens is 334 g/mol. The highest BCUT2D eigenvalue weighted by Crippen LogP contribution is 2.22. The van der Waals surface area contributed by atoms with Crippen LogP contribution in [0.4, 0.5) is 5.82 Å². The second kappa shape index (κ2) is 7.76. The van der Waals surface area contributed by atoms with Crippen LogP contribution < -0.4 is 10.2 Å². The molecule has 5 heteroatoms. The van der Waals surface area contributed by atoms with Gasteiger partial charge in [0.05, 0.1) is 12.2 Å². The molecule has 3 nitrogen and oxygen atoms in total. The van der Waals surface area contributed by atoms with Gasteiger partial charge in [-0.15, -0.1) is 11.3 Å². The van der Waals surface area contributed by atoms with Crippen molar-refractivity contribution in [1.29, 1.82) is 0 Å². The molecule has 0 aliphatic rings. The van der Waals surface area contributed by atoms with Crippen LogP contribution in [0.3, 0.4) is 0 Å². The van der Waals surface area contributed by atoms with Crippen LogP contribution in [0.2, 0.25) is 0 Å². The van der Waals surface area contributed by atoms with Crippen molar-refractivity contribution in [3.05, 3.63) is 44.7 Å². The van der Waals surface area contributed by atoms with Gasteiger partial charge in [-0.2, -0.15) is 0 Å². The lowest BCUT2D eigenvalue weighted by atomic mass is 10.3. The molecule has 0 saturated heterocycles. The Balaban J connectivity index is 1.98. The highest BCUT2D eigenvalue weighted by atomic mass is 79.9. The molecule has 0 atom stereocenters. The van der Waals surface area contributed by atoms with Crippen molar-refractivity contribution in [1.82, 2.24) is 10.3 Å². The average Bonchev–Trinajstić information content (AvgIpc) is 2.85. The van der Waals surface area contributed by atoms with Crippen LogP contribution in [0.15, 0.2) is 34.1 Å². The fourth-order valence-electron chi connectivity index (χ4n) is 1.92. The molecule has 0 spiro atoms. The lowest BCUT2D eigenvalue weighted by Crippen LogP contribution is -2.19. The molecule has 0 aliphatic heterocycles. The number of nitrogens with zero attached hydrogens (tertiary/aromatic N) is 2. The summed E-state index contributed by atoms with van der Waals surface area (Å²) in [4.78, 5) is 8.22. The van der Waals surface area contributed by atoms with Gasteiger partial charge in [0.15, 0.2) is 0 Å². The number of thiophene rings is 1. The lowest BCUT2D eigenvalue weighted by molar-refractivity contribution is 0.663. The van der Waals surface area contributed by atoms with Gasteiger partial charge < -0.3 is 10.2 Å². The minimum Gasteiger partial charge on any atom is -0.355 e. The SMILES string of the molecule is CCCNCc1cccc(N(C)Cc2cc(Br)cs2)n1. The Bertz CT molecular complexity index is 541. The number of hydrogen-bond donors (Lipinski definition) is 1. The third kappa shape index (κ3) is 4.58. The van der Waals surface area contributed by atoms with Gasteiger partial charge in [0.1, 0.15) is 5.82 Å². The molecule has 2 rings (SSSR count). The summed E-state index contributed by atoms with van der Waals surface area (Å²) < 4.78 is 1.15. The first kappa shape index (κ1) is 15.5. The third-order valence-electron chi connectivity index (χ3n) is 2.93. The van der Waals surface area contributed by atoms with Crippen molar-refractivity contribution in [3.8, 4) is 0 Å². The third-order valence-corrected chi connectivity index (χ3v) is 4.61. The molecule has 0 unspecified atom stereocenters. The zero-order valence-electron chi connectivity index (χ0n) is 11.9. The van der Waals surface area contributed by atoms with Gasteiger partial charge in [0.2, 0.25) is 0 Å². The predicted molar refractivity (Wildman–Crippen MR) is 90.4 cm³/mol. The molecule has 1 N–H and O–H groups in total. The highest BCUT2D eigenvalue weighted by Gasteiger charge is 2.06.